The number of hydrogen-bond donors (Lipinski definition) is 2. The Morgan fingerprint density at radius 1 is 1.38 bits per heavy atom. The molecule has 0 aliphatic carbocycles. The highest BCUT2D eigenvalue weighted by Crippen LogP contribution is 2.23. The van der Waals surface area contributed by atoms with Crippen molar-refractivity contribution in [3.63, 3.8) is 0 Å². The van der Waals surface area contributed by atoms with Crippen molar-refractivity contribution in [1.29, 1.82) is 0 Å². The molecule has 1 aromatic rings. The molecule has 0 radical (unpaired) electrons. The molecule has 3 nitrogen and oxygen atoms in total. The van der Waals surface area contributed by atoms with Crippen molar-refractivity contribution < 1.29 is 5.11 Å². The predicted molar refractivity (Wildman–Crippen MR) is 50.5 cm³/mol. The molecule has 1 atom stereocenters. The van der Waals surface area contributed by atoms with Gasteiger partial charge < -0.3 is 10.4 Å². The van der Waals surface area contributed by atoms with Crippen molar-refractivity contribution in [3.05, 3.63) is 24.0 Å². The smallest absolute Gasteiger partial charge is 0.134 e. The van der Waals surface area contributed by atoms with Crippen LogP contribution in [0.4, 0.5) is 0 Å². The lowest BCUT2D eigenvalue weighted by atomic mass is 9.99. The molecule has 1 aliphatic rings. The van der Waals surface area contributed by atoms with Crippen molar-refractivity contribution in [2.75, 3.05) is 6.54 Å². The minimum absolute atomic E-state index is 0.255. The van der Waals surface area contributed by atoms with Gasteiger partial charge in [-0.2, -0.15) is 0 Å². The van der Waals surface area contributed by atoms with Crippen molar-refractivity contribution in [3.8, 4) is 5.75 Å². The van der Waals surface area contributed by atoms with Gasteiger partial charge in [-0.05, 0) is 31.0 Å². The van der Waals surface area contributed by atoms with Crippen LogP contribution < -0.4 is 5.32 Å². The first-order valence-electron chi connectivity index (χ1n) is 4.73. The molecule has 0 saturated carbocycles. The maximum atomic E-state index is 9.25. The van der Waals surface area contributed by atoms with E-state index in [1.807, 2.05) is 6.20 Å². The zero-order chi connectivity index (χ0) is 9.10. The SMILES string of the molecule is Oc1cncc([C@H]2CCCCN2)c1. The summed E-state index contributed by atoms with van der Waals surface area (Å²) in [6.45, 7) is 1.07. The summed E-state index contributed by atoms with van der Waals surface area (Å²) >= 11 is 0. The zero-order valence-electron chi connectivity index (χ0n) is 7.53. The summed E-state index contributed by atoms with van der Waals surface area (Å²) in [6.07, 6.45) is 6.94. The van der Waals surface area contributed by atoms with Crippen LogP contribution in [0.1, 0.15) is 30.9 Å². The number of aromatic nitrogens is 1. The zero-order valence-corrected chi connectivity index (χ0v) is 7.53. The van der Waals surface area contributed by atoms with Crippen LogP contribution in [0.15, 0.2) is 18.5 Å². The fourth-order valence-electron chi connectivity index (χ4n) is 1.77. The van der Waals surface area contributed by atoms with Crippen molar-refractivity contribution in [2.45, 2.75) is 25.3 Å². The van der Waals surface area contributed by atoms with Crippen LogP contribution in [0.25, 0.3) is 0 Å². The molecule has 70 valence electrons. The first-order valence-corrected chi connectivity index (χ1v) is 4.73. The van der Waals surface area contributed by atoms with Gasteiger partial charge in [0.1, 0.15) is 5.75 Å². The van der Waals surface area contributed by atoms with Gasteiger partial charge in [0.2, 0.25) is 0 Å². The third-order valence-electron chi connectivity index (χ3n) is 2.46. The maximum absolute atomic E-state index is 9.25. The van der Waals surface area contributed by atoms with E-state index in [1.165, 1.54) is 19.0 Å². The molecule has 2 rings (SSSR count). The van der Waals surface area contributed by atoms with E-state index in [0.717, 1.165) is 18.5 Å². The topological polar surface area (TPSA) is 45.2 Å². The van der Waals surface area contributed by atoms with Crippen molar-refractivity contribution in [1.82, 2.24) is 10.3 Å². The Labute approximate surface area is 77.8 Å². The highest BCUT2D eigenvalue weighted by Gasteiger charge is 2.14. The number of hydrogen-bond acceptors (Lipinski definition) is 3. The third kappa shape index (κ3) is 1.98. The summed E-state index contributed by atoms with van der Waals surface area (Å²) in [5.41, 5.74) is 1.10. The first-order chi connectivity index (χ1) is 6.36. The van der Waals surface area contributed by atoms with E-state index in [-0.39, 0.29) is 5.75 Å². The van der Waals surface area contributed by atoms with Crippen LogP contribution in [-0.4, -0.2) is 16.6 Å². The number of nitrogens with zero attached hydrogens (tertiary/aromatic N) is 1. The Morgan fingerprint density at radius 2 is 2.31 bits per heavy atom. The van der Waals surface area contributed by atoms with Gasteiger partial charge in [-0.1, -0.05) is 6.42 Å². The van der Waals surface area contributed by atoms with Gasteiger partial charge in [0.25, 0.3) is 0 Å². The fraction of sp³-hybridized carbons (Fsp3) is 0.500. The molecule has 13 heavy (non-hydrogen) atoms. The van der Waals surface area contributed by atoms with E-state index >= 15 is 0 Å². The first kappa shape index (κ1) is 8.51. The third-order valence-corrected chi connectivity index (χ3v) is 2.46. The number of rotatable bonds is 1. The predicted octanol–water partition coefficient (Wildman–Crippen LogP) is 1.60. The van der Waals surface area contributed by atoms with Gasteiger partial charge >= 0.3 is 0 Å². The minimum atomic E-state index is 0.255. The quantitative estimate of drug-likeness (QED) is 0.686. The van der Waals surface area contributed by atoms with Gasteiger partial charge in [0.15, 0.2) is 0 Å². The average Bonchev–Trinajstić information content (AvgIpc) is 2.19. The molecule has 2 heterocycles. The number of pyridine rings is 1. The Morgan fingerprint density at radius 3 is 3.00 bits per heavy atom. The Bertz CT molecular complexity index is 282. The Hall–Kier alpha value is -1.09. The van der Waals surface area contributed by atoms with Gasteiger partial charge in [-0.25, -0.2) is 0 Å². The van der Waals surface area contributed by atoms with Gasteiger partial charge in [-0.15, -0.1) is 0 Å². The van der Waals surface area contributed by atoms with Crippen LogP contribution in [0.5, 0.6) is 5.75 Å². The van der Waals surface area contributed by atoms with Crippen molar-refractivity contribution in [2.24, 2.45) is 0 Å². The molecule has 0 unspecified atom stereocenters. The second-order valence-electron chi connectivity index (χ2n) is 3.48. The van der Waals surface area contributed by atoms with Crippen LogP contribution in [0.2, 0.25) is 0 Å². The van der Waals surface area contributed by atoms with Crippen LogP contribution in [-0.2, 0) is 0 Å². The summed E-state index contributed by atoms with van der Waals surface area (Å²) in [5.74, 6) is 0.255. The van der Waals surface area contributed by atoms with E-state index in [4.69, 9.17) is 0 Å². The minimum Gasteiger partial charge on any atom is -0.506 e. The van der Waals surface area contributed by atoms with Crippen LogP contribution >= 0.6 is 0 Å². The van der Waals surface area contributed by atoms with E-state index in [0.29, 0.717) is 6.04 Å². The van der Waals surface area contributed by atoms with Gasteiger partial charge in [0, 0.05) is 12.2 Å². The van der Waals surface area contributed by atoms with Crippen LogP contribution in [0, 0.1) is 0 Å². The lowest BCUT2D eigenvalue weighted by Crippen LogP contribution is -2.26. The summed E-state index contributed by atoms with van der Waals surface area (Å²) in [5, 5.41) is 12.7. The molecular formula is C10H14N2O. The Balaban J connectivity index is 2.14. The number of piperidine rings is 1. The maximum Gasteiger partial charge on any atom is 0.134 e. The second-order valence-corrected chi connectivity index (χ2v) is 3.48. The molecule has 1 aliphatic heterocycles. The summed E-state index contributed by atoms with van der Waals surface area (Å²) < 4.78 is 0. The molecule has 2 N–H and O–H groups in total. The van der Waals surface area contributed by atoms with E-state index in [2.05, 4.69) is 10.3 Å². The fourth-order valence-corrected chi connectivity index (χ4v) is 1.77. The molecule has 0 aromatic carbocycles. The van der Waals surface area contributed by atoms with Gasteiger partial charge in [-0.3, -0.25) is 4.98 Å². The molecule has 0 amide bonds. The normalized spacial score (nSPS) is 22.9. The van der Waals surface area contributed by atoms with E-state index in [9.17, 15) is 5.11 Å². The molecule has 3 heteroatoms. The summed E-state index contributed by atoms with van der Waals surface area (Å²) in [7, 11) is 0. The van der Waals surface area contributed by atoms with Crippen LogP contribution in [0.3, 0.4) is 0 Å². The highest BCUT2D eigenvalue weighted by atomic mass is 16.3. The van der Waals surface area contributed by atoms with E-state index < -0.39 is 0 Å². The summed E-state index contributed by atoms with van der Waals surface area (Å²) in [6, 6.07) is 2.17. The molecule has 1 aromatic heterocycles. The lowest BCUT2D eigenvalue weighted by Gasteiger charge is -2.23. The number of aromatic hydroxyl groups is 1. The summed E-state index contributed by atoms with van der Waals surface area (Å²) in [4.78, 5) is 3.97. The lowest BCUT2D eigenvalue weighted by molar-refractivity contribution is 0.408. The molecule has 0 bridgehead atoms. The van der Waals surface area contributed by atoms with E-state index in [1.54, 1.807) is 6.07 Å². The molecule has 1 saturated heterocycles. The molecule has 1 fully saturated rings. The molecular weight excluding hydrogens is 164 g/mol. The van der Waals surface area contributed by atoms with Crippen molar-refractivity contribution >= 4 is 0 Å². The molecule has 0 spiro atoms. The largest absolute Gasteiger partial charge is 0.506 e. The number of nitrogens with one attached hydrogen (secondary N) is 1. The standard InChI is InChI=1S/C10H14N2O/c13-9-5-8(6-11-7-9)10-3-1-2-4-12-10/h5-7,10,12-13H,1-4H2/t10-/m1/s1. The Kier molecular flexibility index (Phi) is 2.45. The van der Waals surface area contributed by atoms with Gasteiger partial charge in [0.05, 0.1) is 6.20 Å². The second kappa shape index (κ2) is 3.75. The average molecular weight is 178 g/mol. The monoisotopic (exact) mass is 178 g/mol. The highest BCUT2D eigenvalue weighted by molar-refractivity contribution is 5.24.